The van der Waals surface area contributed by atoms with Crippen molar-refractivity contribution in [3.8, 4) is 0 Å². The lowest BCUT2D eigenvalue weighted by atomic mass is 10.1. The molecule has 0 amide bonds. The van der Waals surface area contributed by atoms with Gasteiger partial charge in [0.25, 0.3) is 0 Å². The third-order valence-electron chi connectivity index (χ3n) is 6.35. The van der Waals surface area contributed by atoms with Gasteiger partial charge in [-0.25, -0.2) is 8.42 Å². The summed E-state index contributed by atoms with van der Waals surface area (Å²) in [5.41, 5.74) is 3.27. The van der Waals surface area contributed by atoms with Crippen molar-refractivity contribution >= 4 is 44.2 Å². The van der Waals surface area contributed by atoms with Crippen molar-refractivity contribution in [3.05, 3.63) is 65.9 Å². The Morgan fingerprint density at radius 1 is 1.05 bits per heavy atom. The summed E-state index contributed by atoms with van der Waals surface area (Å²) in [4.78, 5) is 15.6. The lowest BCUT2D eigenvalue weighted by Gasteiger charge is -2.29. The third kappa shape index (κ3) is 8.02. The highest BCUT2D eigenvalue weighted by atomic mass is 32.2. The van der Waals surface area contributed by atoms with Gasteiger partial charge in [-0.1, -0.05) is 49.7 Å². The number of nitrogens with one attached hydrogen (secondary N) is 3. The summed E-state index contributed by atoms with van der Waals surface area (Å²) < 4.78 is 27.9. The maximum Gasteiger partial charge on any atom is 0.322 e. The van der Waals surface area contributed by atoms with Crippen LogP contribution in [0, 0.1) is 12.8 Å². The number of aromatic nitrogens is 1. The van der Waals surface area contributed by atoms with Gasteiger partial charge in [0.15, 0.2) is 5.11 Å². The van der Waals surface area contributed by atoms with E-state index in [2.05, 4.69) is 21.7 Å². The molecule has 1 atom stereocenters. The molecule has 0 saturated heterocycles. The Hall–Kier alpha value is -2.95. The van der Waals surface area contributed by atoms with Crippen LogP contribution < -0.4 is 10.6 Å². The highest BCUT2D eigenvalue weighted by Gasteiger charge is 2.35. The van der Waals surface area contributed by atoms with Gasteiger partial charge in [-0.05, 0) is 74.5 Å². The molecule has 0 aliphatic heterocycles. The molecule has 4 N–H and O–H groups in total. The molecule has 0 aliphatic rings. The highest BCUT2D eigenvalue weighted by Crippen LogP contribution is 2.23. The average Bonchev–Trinajstić information content (AvgIpc) is 3.28. The number of aromatic amines is 1. The smallest absolute Gasteiger partial charge is 0.322 e. The number of H-pyrrole nitrogens is 1. The number of aryl methyl sites for hydroxylation is 1. The zero-order chi connectivity index (χ0) is 27.7. The number of hydrogen-bond donors (Lipinski definition) is 4. The molecule has 8 nitrogen and oxygen atoms in total. The highest BCUT2D eigenvalue weighted by molar-refractivity contribution is 7.89. The molecule has 0 fully saturated rings. The molecule has 206 valence electrons. The summed E-state index contributed by atoms with van der Waals surface area (Å²) >= 11 is 5.38. The molecule has 1 aromatic heterocycles. The first-order valence-electron chi connectivity index (χ1n) is 13.0. The monoisotopic (exact) mass is 558 g/mol. The van der Waals surface area contributed by atoms with E-state index in [0.29, 0.717) is 31.0 Å². The van der Waals surface area contributed by atoms with E-state index in [0.717, 1.165) is 21.8 Å². The molecule has 0 radical (unpaired) electrons. The van der Waals surface area contributed by atoms with Crippen molar-refractivity contribution in [1.82, 2.24) is 19.9 Å². The summed E-state index contributed by atoms with van der Waals surface area (Å²) in [5, 5.41) is 18.1. The lowest BCUT2D eigenvalue weighted by Crippen LogP contribution is -2.46. The van der Waals surface area contributed by atoms with Crippen LogP contribution in [0.4, 0.5) is 0 Å². The molecule has 1 heterocycles. The molecule has 2 aromatic carbocycles. The second kappa shape index (κ2) is 13.7. The maximum atomic E-state index is 13.4. The predicted octanol–water partition coefficient (Wildman–Crippen LogP) is 4.45. The van der Waals surface area contributed by atoms with Crippen LogP contribution in [0.5, 0.6) is 0 Å². The van der Waals surface area contributed by atoms with E-state index in [-0.39, 0.29) is 23.8 Å². The van der Waals surface area contributed by atoms with Gasteiger partial charge >= 0.3 is 5.97 Å². The van der Waals surface area contributed by atoms with Gasteiger partial charge in [-0.2, -0.15) is 4.31 Å². The Kier molecular flexibility index (Phi) is 10.7. The minimum Gasteiger partial charge on any atom is -0.480 e. The number of carbonyl (C=O) groups is 1. The zero-order valence-electron chi connectivity index (χ0n) is 22.2. The molecule has 0 saturated carbocycles. The van der Waals surface area contributed by atoms with Crippen LogP contribution in [-0.4, -0.2) is 59.6 Å². The summed E-state index contributed by atoms with van der Waals surface area (Å²) in [6, 6.07) is 13.5. The van der Waals surface area contributed by atoms with Gasteiger partial charge in [-0.3, -0.25) is 4.79 Å². The van der Waals surface area contributed by atoms with E-state index < -0.39 is 22.0 Å². The van der Waals surface area contributed by atoms with Crippen molar-refractivity contribution in [1.29, 1.82) is 0 Å². The van der Waals surface area contributed by atoms with E-state index in [9.17, 15) is 18.3 Å². The van der Waals surface area contributed by atoms with E-state index in [1.165, 1.54) is 23.1 Å². The normalized spacial score (nSPS) is 12.7. The molecule has 10 heteroatoms. The topological polar surface area (TPSA) is 115 Å². The van der Waals surface area contributed by atoms with E-state index in [4.69, 9.17) is 12.2 Å². The first-order valence-corrected chi connectivity index (χ1v) is 14.8. The zero-order valence-corrected chi connectivity index (χ0v) is 23.9. The molecule has 3 rings (SSSR count). The molecule has 0 aliphatic carbocycles. The lowest BCUT2D eigenvalue weighted by molar-refractivity contribution is -0.141. The van der Waals surface area contributed by atoms with Crippen LogP contribution in [0.25, 0.3) is 10.9 Å². The van der Waals surface area contributed by atoms with Crippen LogP contribution in [0.1, 0.15) is 44.2 Å². The Morgan fingerprint density at radius 3 is 2.42 bits per heavy atom. The predicted molar refractivity (Wildman–Crippen MR) is 156 cm³/mol. The van der Waals surface area contributed by atoms with Crippen LogP contribution in [0.15, 0.2) is 59.6 Å². The molecule has 3 aromatic rings. The Bertz CT molecular complexity index is 1320. The van der Waals surface area contributed by atoms with Gasteiger partial charge in [0.1, 0.15) is 6.04 Å². The van der Waals surface area contributed by atoms with E-state index >= 15 is 0 Å². The van der Waals surface area contributed by atoms with Crippen LogP contribution in [0.2, 0.25) is 0 Å². The number of nitrogens with zero attached hydrogens (tertiary/aromatic N) is 1. The Balaban J connectivity index is 1.48. The van der Waals surface area contributed by atoms with Crippen LogP contribution in [-0.2, 0) is 21.2 Å². The largest absolute Gasteiger partial charge is 0.480 e. The van der Waals surface area contributed by atoms with Gasteiger partial charge in [0.05, 0.1) is 4.90 Å². The van der Waals surface area contributed by atoms with Gasteiger partial charge < -0.3 is 20.7 Å². The fourth-order valence-electron chi connectivity index (χ4n) is 4.37. The van der Waals surface area contributed by atoms with Crippen molar-refractivity contribution in [2.75, 3.05) is 19.6 Å². The second-order valence-corrected chi connectivity index (χ2v) is 12.2. The van der Waals surface area contributed by atoms with Crippen LogP contribution >= 0.6 is 12.2 Å². The summed E-state index contributed by atoms with van der Waals surface area (Å²) in [6.45, 7) is 7.03. The quantitative estimate of drug-likeness (QED) is 0.171. The van der Waals surface area contributed by atoms with Gasteiger partial charge in [0.2, 0.25) is 10.0 Å². The SMILES string of the molecule is Cc1ccc(S(=O)(=O)N(CC(C)C)[C@@H](CCCCNC(=S)NCCc2c[nH]c3ccccc23)C(=O)O)cc1. The number of thiocarbonyl (C=S) groups is 1. The Morgan fingerprint density at radius 2 is 1.74 bits per heavy atom. The number of carboxylic acid groups (broad SMARTS) is 1. The maximum absolute atomic E-state index is 13.4. The van der Waals surface area contributed by atoms with Crippen molar-refractivity contribution in [3.63, 3.8) is 0 Å². The minimum atomic E-state index is -3.95. The minimum absolute atomic E-state index is 0.0218. The van der Waals surface area contributed by atoms with Gasteiger partial charge in [-0.15, -0.1) is 0 Å². The Labute approximate surface area is 230 Å². The summed E-state index contributed by atoms with van der Waals surface area (Å²) in [7, 11) is -3.95. The molecule has 0 spiro atoms. The molecule has 0 unspecified atom stereocenters. The number of fused-ring (bicyclic) bond motifs is 1. The van der Waals surface area contributed by atoms with Crippen LogP contribution in [0.3, 0.4) is 0 Å². The standard InChI is InChI=1S/C28H38N4O4S2/c1-20(2)19-32(38(35,36)23-13-11-21(3)12-14-23)26(27(33)34)10-6-7-16-29-28(37)30-17-15-22-18-31-25-9-5-4-8-24(22)25/h4-5,8-9,11-14,18,20,26,31H,6-7,10,15-17,19H2,1-3H3,(H,33,34)(H2,29,30,37)/t26-/m0/s1. The number of para-hydroxylation sites is 1. The first-order chi connectivity index (χ1) is 18.1. The first kappa shape index (κ1) is 29.6. The molecular weight excluding hydrogens is 520 g/mol. The fourth-order valence-corrected chi connectivity index (χ4v) is 6.35. The number of hydrogen-bond acceptors (Lipinski definition) is 4. The summed E-state index contributed by atoms with van der Waals surface area (Å²) in [6.07, 6.45) is 4.26. The number of carboxylic acids is 1. The second-order valence-electron chi connectivity index (χ2n) is 9.92. The average molecular weight is 559 g/mol. The molecular formula is C28H38N4O4S2. The van der Waals surface area contributed by atoms with Crippen molar-refractivity contribution in [2.45, 2.75) is 57.4 Å². The number of sulfonamides is 1. The van der Waals surface area contributed by atoms with E-state index in [1.807, 2.05) is 45.2 Å². The van der Waals surface area contributed by atoms with Gasteiger partial charge in [0, 0.05) is 36.7 Å². The summed E-state index contributed by atoms with van der Waals surface area (Å²) in [5.74, 6) is -1.16. The number of aliphatic carboxylic acids is 1. The number of benzene rings is 2. The van der Waals surface area contributed by atoms with E-state index in [1.54, 1.807) is 12.1 Å². The molecule has 0 bridgehead atoms. The third-order valence-corrected chi connectivity index (χ3v) is 8.53. The molecule has 38 heavy (non-hydrogen) atoms. The number of rotatable bonds is 14. The van der Waals surface area contributed by atoms with Crippen molar-refractivity contribution < 1.29 is 18.3 Å². The number of unbranched alkanes of at least 4 members (excludes halogenated alkanes) is 1. The fraction of sp³-hybridized carbons (Fsp3) is 0.429. The van der Waals surface area contributed by atoms with Crippen molar-refractivity contribution in [2.24, 2.45) is 5.92 Å².